The number of Topliss-reactive ketones (excluding diaryl/α,β-unsaturated/α-hetero) is 2. The fourth-order valence-electron chi connectivity index (χ4n) is 6.00. The zero-order chi connectivity index (χ0) is 26.9. The number of carbonyl (C=O) groups is 4. The van der Waals surface area contributed by atoms with E-state index in [2.05, 4.69) is 0 Å². The van der Waals surface area contributed by atoms with Gasteiger partial charge in [-0.25, -0.2) is 4.90 Å². The lowest BCUT2D eigenvalue weighted by molar-refractivity contribution is -0.384. The maximum absolute atomic E-state index is 14.0. The van der Waals surface area contributed by atoms with Crippen molar-refractivity contribution in [1.29, 1.82) is 0 Å². The van der Waals surface area contributed by atoms with Crippen LogP contribution in [0.25, 0.3) is 0 Å². The molecule has 190 valence electrons. The van der Waals surface area contributed by atoms with Crippen LogP contribution in [0, 0.1) is 28.9 Å². The first-order valence-corrected chi connectivity index (χ1v) is 12.3. The number of nitro benzene ring substituents is 1. The molecule has 1 spiro atoms. The second-order valence-electron chi connectivity index (χ2n) is 9.82. The van der Waals surface area contributed by atoms with Crippen molar-refractivity contribution in [2.24, 2.45) is 11.8 Å². The summed E-state index contributed by atoms with van der Waals surface area (Å²) in [5.74, 6) is -5.14. The van der Waals surface area contributed by atoms with Gasteiger partial charge in [-0.15, -0.1) is 0 Å². The van der Waals surface area contributed by atoms with Crippen LogP contribution in [-0.2, 0) is 20.7 Å². The van der Waals surface area contributed by atoms with Gasteiger partial charge in [-0.1, -0.05) is 55.5 Å². The van der Waals surface area contributed by atoms with Crippen LogP contribution < -0.4 is 4.90 Å². The Hall–Kier alpha value is -4.50. The first-order chi connectivity index (χ1) is 18.2. The number of imide groups is 1. The highest BCUT2D eigenvalue weighted by atomic mass is 16.6. The van der Waals surface area contributed by atoms with Crippen LogP contribution in [-0.4, -0.2) is 33.9 Å². The van der Waals surface area contributed by atoms with Gasteiger partial charge in [0, 0.05) is 23.3 Å². The predicted molar refractivity (Wildman–Crippen MR) is 135 cm³/mol. The van der Waals surface area contributed by atoms with Gasteiger partial charge in [0.15, 0.2) is 0 Å². The van der Waals surface area contributed by atoms with Gasteiger partial charge in [0.1, 0.15) is 0 Å². The van der Waals surface area contributed by atoms with Crippen LogP contribution >= 0.6 is 0 Å². The highest BCUT2D eigenvalue weighted by molar-refractivity contribution is 6.37. The fourth-order valence-corrected chi connectivity index (χ4v) is 6.00. The Morgan fingerprint density at radius 1 is 0.921 bits per heavy atom. The van der Waals surface area contributed by atoms with Gasteiger partial charge in [0.25, 0.3) is 5.69 Å². The monoisotopic (exact) mass is 510 g/mol. The molecule has 3 atom stereocenters. The van der Waals surface area contributed by atoms with Crippen LogP contribution in [0.3, 0.4) is 0 Å². The van der Waals surface area contributed by atoms with Crippen LogP contribution in [0.15, 0.2) is 66.7 Å². The Kier molecular flexibility index (Phi) is 5.19. The van der Waals surface area contributed by atoms with E-state index in [1.54, 1.807) is 31.2 Å². The number of anilines is 1. The number of ether oxygens (including phenoxy) is 1. The van der Waals surface area contributed by atoms with Crippen molar-refractivity contribution in [3.8, 4) is 0 Å². The molecule has 0 saturated carbocycles. The summed E-state index contributed by atoms with van der Waals surface area (Å²) in [5.41, 5.74) is 0.100. The van der Waals surface area contributed by atoms with Crippen molar-refractivity contribution < 1.29 is 28.8 Å². The summed E-state index contributed by atoms with van der Waals surface area (Å²) in [6.45, 7) is 3.56. The smallest absolute Gasteiger partial charge is 0.269 e. The molecule has 0 bridgehead atoms. The molecule has 3 aliphatic rings. The van der Waals surface area contributed by atoms with E-state index in [0.717, 1.165) is 16.9 Å². The molecule has 6 rings (SSSR count). The summed E-state index contributed by atoms with van der Waals surface area (Å²) in [5, 5.41) is 11.2. The van der Waals surface area contributed by atoms with E-state index in [1.807, 2.05) is 19.1 Å². The van der Waals surface area contributed by atoms with E-state index in [1.165, 1.54) is 30.3 Å². The van der Waals surface area contributed by atoms with Gasteiger partial charge in [-0.2, -0.15) is 0 Å². The maximum atomic E-state index is 14.0. The summed E-state index contributed by atoms with van der Waals surface area (Å²) in [6, 6.07) is 17.5. The first-order valence-electron chi connectivity index (χ1n) is 12.3. The zero-order valence-corrected chi connectivity index (χ0v) is 20.5. The van der Waals surface area contributed by atoms with E-state index < -0.39 is 51.8 Å². The number of non-ortho nitro benzene ring substituents is 1. The van der Waals surface area contributed by atoms with Crippen LogP contribution in [0.1, 0.15) is 50.4 Å². The number of hydrogen-bond acceptors (Lipinski definition) is 7. The third-order valence-corrected chi connectivity index (χ3v) is 7.87. The average Bonchev–Trinajstić information content (AvgIpc) is 3.49. The van der Waals surface area contributed by atoms with Crippen molar-refractivity contribution in [3.63, 3.8) is 0 Å². The number of hydrogen-bond donors (Lipinski definition) is 0. The summed E-state index contributed by atoms with van der Waals surface area (Å²) in [4.78, 5) is 67.3. The van der Waals surface area contributed by atoms with Crippen molar-refractivity contribution >= 4 is 34.8 Å². The molecule has 0 unspecified atom stereocenters. The number of carbonyl (C=O) groups excluding carboxylic acids is 4. The molecule has 38 heavy (non-hydrogen) atoms. The normalized spacial score (nSPS) is 23.3. The molecule has 9 heteroatoms. The van der Waals surface area contributed by atoms with E-state index in [-0.39, 0.29) is 22.5 Å². The molecule has 3 aromatic rings. The quantitative estimate of drug-likeness (QED) is 0.223. The van der Waals surface area contributed by atoms with Gasteiger partial charge in [-0.05, 0) is 36.1 Å². The van der Waals surface area contributed by atoms with E-state index in [9.17, 15) is 29.3 Å². The topological polar surface area (TPSA) is 124 Å². The lowest BCUT2D eigenvalue weighted by Crippen LogP contribution is -2.51. The minimum absolute atomic E-state index is 0.156. The predicted octanol–water partition coefficient (Wildman–Crippen LogP) is 4.16. The lowest BCUT2D eigenvalue weighted by atomic mass is 9.77. The highest BCUT2D eigenvalue weighted by Crippen LogP contribution is 2.58. The second-order valence-corrected chi connectivity index (χ2v) is 9.82. The molecule has 3 aromatic carbocycles. The van der Waals surface area contributed by atoms with Crippen LogP contribution in [0.4, 0.5) is 11.4 Å². The van der Waals surface area contributed by atoms with Crippen molar-refractivity contribution in [2.75, 3.05) is 4.90 Å². The highest BCUT2D eigenvalue weighted by Gasteiger charge is 2.74. The second kappa shape index (κ2) is 8.26. The standard InChI is InChI=1S/C29H22N2O7/c1-3-16-8-10-17(11-9-16)24-22-23(29(38-24)25(32)19-6-4-5-7-20(19)26(29)33)28(35)30(27(22)34)21-13-12-18(31(36)37)14-15(21)2/h4-14,22-24H,3H2,1-2H3/t22-,23-,24+/m1/s1. The Morgan fingerprint density at radius 2 is 1.55 bits per heavy atom. The van der Waals surface area contributed by atoms with Crippen molar-refractivity contribution in [3.05, 3.63) is 105 Å². The number of amides is 2. The molecule has 2 fully saturated rings. The Balaban J connectivity index is 1.52. The minimum Gasteiger partial charge on any atom is -0.349 e. The third-order valence-electron chi connectivity index (χ3n) is 7.87. The van der Waals surface area contributed by atoms with Gasteiger partial charge in [-0.3, -0.25) is 29.3 Å². The summed E-state index contributed by atoms with van der Waals surface area (Å²) in [6.07, 6.45) is -0.230. The third kappa shape index (κ3) is 3.02. The first kappa shape index (κ1) is 23.9. The number of ketones is 2. The molecule has 2 aliphatic heterocycles. The molecule has 0 N–H and O–H groups in total. The zero-order valence-electron chi connectivity index (χ0n) is 20.5. The molecule has 0 aromatic heterocycles. The molecular formula is C29H22N2O7. The molecule has 2 heterocycles. The van der Waals surface area contributed by atoms with Gasteiger partial charge < -0.3 is 4.74 Å². The average molecular weight is 511 g/mol. The van der Waals surface area contributed by atoms with Crippen molar-refractivity contribution in [2.45, 2.75) is 32.0 Å². The molecular weight excluding hydrogens is 488 g/mol. The molecule has 9 nitrogen and oxygen atoms in total. The Bertz CT molecular complexity index is 1540. The number of aryl methyl sites for hydroxylation is 2. The van der Waals surface area contributed by atoms with Gasteiger partial charge in [0.05, 0.1) is 28.6 Å². The Labute approximate surface area is 217 Å². The number of rotatable bonds is 4. The van der Waals surface area contributed by atoms with E-state index >= 15 is 0 Å². The number of benzene rings is 3. The molecule has 2 amide bonds. The summed E-state index contributed by atoms with van der Waals surface area (Å²) in [7, 11) is 0. The maximum Gasteiger partial charge on any atom is 0.269 e. The van der Waals surface area contributed by atoms with Crippen molar-refractivity contribution in [1.82, 2.24) is 0 Å². The summed E-state index contributed by atoms with van der Waals surface area (Å²) < 4.78 is 6.29. The van der Waals surface area contributed by atoms with Gasteiger partial charge in [0.2, 0.25) is 29.0 Å². The number of fused-ring (bicyclic) bond motifs is 3. The fraction of sp³-hybridized carbons (Fsp3) is 0.241. The lowest BCUT2D eigenvalue weighted by Gasteiger charge is -2.27. The minimum atomic E-state index is -2.17. The Morgan fingerprint density at radius 3 is 2.11 bits per heavy atom. The van der Waals surface area contributed by atoms with E-state index in [4.69, 9.17) is 4.74 Å². The molecule has 1 aliphatic carbocycles. The van der Waals surface area contributed by atoms with E-state index in [0.29, 0.717) is 11.1 Å². The number of nitrogens with zero attached hydrogens (tertiary/aromatic N) is 2. The number of nitro groups is 1. The van der Waals surface area contributed by atoms with Crippen LogP contribution in [0.2, 0.25) is 0 Å². The molecule has 2 saturated heterocycles. The van der Waals surface area contributed by atoms with Crippen LogP contribution in [0.5, 0.6) is 0 Å². The largest absolute Gasteiger partial charge is 0.349 e. The van der Waals surface area contributed by atoms with Gasteiger partial charge >= 0.3 is 0 Å². The molecule has 0 radical (unpaired) electrons. The SMILES string of the molecule is CCc1ccc([C@@H]2OC3(C(=O)c4ccccc4C3=O)[C@H]3C(=O)N(c4ccc([N+](=O)[O-])cc4C)C(=O)[C@@H]23)cc1. The summed E-state index contributed by atoms with van der Waals surface area (Å²) >= 11 is 0.